The highest BCUT2D eigenvalue weighted by molar-refractivity contribution is 7.99. The van der Waals surface area contributed by atoms with Crippen molar-refractivity contribution in [1.82, 2.24) is 10.2 Å². The van der Waals surface area contributed by atoms with Crippen LogP contribution in [0.3, 0.4) is 0 Å². The molecule has 3 rings (SSSR count). The third-order valence-electron chi connectivity index (χ3n) is 4.89. The van der Waals surface area contributed by atoms with Crippen molar-refractivity contribution in [1.29, 1.82) is 0 Å². The molecule has 2 aromatic rings. The fourth-order valence-corrected chi connectivity index (χ4v) is 4.20. The Kier molecular flexibility index (Phi) is 8.14. The second-order valence-electron chi connectivity index (χ2n) is 7.26. The number of anilines is 1. The summed E-state index contributed by atoms with van der Waals surface area (Å²) in [7, 11) is 0. The van der Waals surface area contributed by atoms with Gasteiger partial charge in [0.1, 0.15) is 0 Å². The van der Waals surface area contributed by atoms with Crippen LogP contribution in [0.15, 0.2) is 48.5 Å². The van der Waals surface area contributed by atoms with Crippen LogP contribution in [0.4, 0.5) is 5.69 Å². The number of rotatable bonds is 8. The number of amides is 2. The van der Waals surface area contributed by atoms with Crippen LogP contribution in [0.5, 0.6) is 0 Å². The lowest BCUT2D eigenvalue weighted by molar-refractivity contribution is -0.116. The van der Waals surface area contributed by atoms with E-state index < -0.39 is 0 Å². The molecule has 6 heteroatoms. The first-order valence-corrected chi connectivity index (χ1v) is 11.4. The maximum atomic E-state index is 12.4. The molecular formula is C23H29N3O2S. The van der Waals surface area contributed by atoms with Gasteiger partial charge < -0.3 is 10.6 Å². The van der Waals surface area contributed by atoms with Crippen molar-refractivity contribution in [2.75, 3.05) is 29.9 Å². The molecule has 2 aromatic carbocycles. The van der Waals surface area contributed by atoms with Crippen molar-refractivity contribution in [2.24, 2.45) is 0 Å². The van der Waals surface area contributed by atoms with Crippen LogP contribution in [0.2, 0.25) is 0 Å². The lowest BCUT2D eigenvalue weighted by atomic mass is 10.1. The van der Waals surface area contributed by atoms with Crippen LogP contribution in [0.25, 0.3) is 0 Å². The SMILES string of the molecule is CCCC(=O)Nc1ccc(CNC(=O)c2ccc(CN3CCSCC3)cc2)cc1. The van der Waals surface area contributed by atoms with E-state index in [1.165, 1.54) is 17.1 Å². The molecule has 1 aliphatic rings. The number of carbonyl (C=O) groups is 2. The van der Waals surface area contributed by atoms with Gasteiger partial charge in [-0.1, -0.05) is 31.2 Å². The summed E-state index contributed by atoms with van der Waals surface area (Å²) in [5.74, 6) is 2.35. The normalized spacial score (nSPS) is 14.4. The van der Waals surface area contributed by atoms with Crippen molar-refractivity contribution in [3.63, 3.8) is 0 Å². The summed E-state index contributed by atoms with van der Waals surface area (Å²) < 4.78 is 0. The van der Waals surface area contributed by atoms with Crippen molar-refractivity contribution in [3.05, 3.63) is 65.2 Å². The summed E-state index contributed by atoms with van der Waals surface area (Å²) in [6.45, 7) is 5.65. The molecule has 2 N–H and O–H groups in total. The van der Waals surface area contributed by atoms with Gasteiger partial charge in [0.15, 0.2) is 0 Å². The maximum absolute atomic E-state index is 12.4. The molecule has 1 aliphatic heterocycles. The predicted octanol–water partition coefficient (Wildman–Crippen LogP) is 3.90. The average molecular weight is 412 g/mol. The minimum absolute atomic E-state index is 0.0242. The molecule has 1 fully saturated rings. The Morgan fingerprint density at radius 2 is 1.62 bits per heavy atom. The third kappa shape index (κ3) is 6.91. The van der Waals surface area contributed by atoms with Crippen molar-refractivity contribution < 1.29 is 9.59 Å². The lowest BCUT2D eigenvalue weighted by Crippen LogP contribution is -2.32. The van der Waals surface area contributed by atoms with Crippen LogP contribution in [-0.2, 0) is 17.9 Å². The molecule has 0 aliphatic carbocycles. The molecular weight excluding hydrogens is 382 g/mol. The Balaban J connectivity index is 1.46. The zero-order valence-electron chi connectivity index (χ0n) is 16.9. The molecule has 29 heavy (non-hydrogen) atoms. The standard InChI is InChI=1S/C23H29N3O2S/c1-2-3-22(27)25-21-10-6-18(7-11-21)16-24-23(28)20-8-4-19(5-9-20)17-26-12-14-29-15-13-26/h4-11H,2-3,12-17H2,1H3,(H,24,28)(H,25,27). The monoisotopic (exact) mass is 411 g/mol. The smallest absolute Gasteiger partial charge is 0.251 e. The zero-order valence-corrected chi connectivity index (χ0v) is 17.8. The van der Waals surface area contributed by atoms with E-state index in [0.717, 1.165) is 37.3 Å². The topological polar surface area (TPSA) is 61.4 Å². The van der Waals surface area contributed by atoms with E-state index in [1.807, 2.05) is 67.2 Å². The number of hydrogen-bond donors (Lipinski definition) is 2. The second kappa shape index (κ2) is 11.0. The molecule has 1 saturated heterocycles. The summed E-state index contributed by atoms with van der Waals surface area (Å²) >= 11 is 2.01. The highest BCUT2D eigenvalue weighted by Crippen LogP contribution is 2.14. The molecule has 1 heterocycles. The van der Waals surface area contributed by atoms with Crippen LogP contribution < -0.4 is 10.6 Å². The van der Waals surface area contributed by atoms with E-state index >= 15 is 0 Å². The van der Waals surface area contributed by atoms with Crippen molar-refractivity contribution in [2.45, 2.75) is 32.9 Å². The Labute approximate surface area is 177 Å². The minimum atomic E-state index is -0.0775. The molecule has 154 valence electrons. The predicted molar refractivity (Wildman–Crippen MR) is 120 cm³/mol. The minimum Gasteiger partial charge on any atom is -0.348 e. The van der Waals surface area contributed by atoms with Gasteiger partial charge >= 0.3 is 0 Å². The Morgan fingerprint density at radius 3 is 2.28 bits per heavy atom. The van der Waals surface area contributed by atoms with Crippen LogP contribution >= 0.6 is 11.8 Å². The molecule has 0 radical (unpaired) electrons. The van der Waals surface area contributed by atoms with E-state index in [2.05, 4.69) is 15.5 Å². The first-order valence-electron chi connectivity index (χ1n) is 10.2. The third-order valence-corrected chi connectivity index (χ3v) is 5.84. The van der Waals surface area contributed by atoms with E-state index in [9.17, 15) is 9.59 Å². The van der Waals surface area contributed by atoms with E-state index in [1.54, 1.807) is 0 Å². The fraction of sp³-hybridized carbons (Fsp3) is 0.391. The maximum Gasteiger partial charge on any atom is 0.251 e. The quantitative estimate of drug-likeness (QED) is 0.692. The van der Waals surface area contributed by atoms with E-state index in [-0.39, 0.29) is 11.8 Å². The Morgan fingerprint density at radius 1 is 0.966 bits per heavy atom. The van der Waals surface area contributed by atoms with Gasteiger partial charge in [-0.05, 0) is 41.8 Å². The van der Waals surface area contributed by atoms with Gasteiger partial charge in [0.2, 0.25) is 5.91 Å². The van der Waals surface area contributed by atoms with Gasteiger partial charge in [-0.15, -0.1) is 0 Å². The van der Waals surface area contributed by atoms with Gasteiger partial charge in [0.25, 0.3) is 5.91 Å². The number of nitrogens with zero attached hydrogens (tertiary/aromatic N) is 1. The van der Waals surface area contributed by atoms with Gasteiger partial charge in [-0.25, -0.2) is 0 Å². The molecule has 0 spiro atoms. The number of thioether (sulfide) groups is 1. The van der Waals surface area contributed by atoms with Gasteiger partial charge in [-0.3, -0.25) is 14.5 Å². The Bertz CT molecular complexity index is 800. The summed E-state index contributed by atoms with van der Waals surface area (Å²) in [4.78, 5) is 26.5. The first kappa shape index (κ1) is 21.4. The number of hydrogen-bond acceptors (Lipinski definition) is 4. The molecule has 0 bridgehead atoms. The summed E-state index contributed by atoms with van der Waals surface area (Å²) in [5.41, 5.74) is 3.69. The van der Waals surface area contributed by atoms with Crippen LogP contribution in [0.1, 0.15) is 41.3 Å². The van der Waals surface area contributed by atoms with Gasteiger partial charge in [0.05, 0.1) is 0 Å². The van der Waals surface area contributed by atoms with Crippen molar-refractivity contribution >= 4 is 29.3 Å². The van der Waals surface area contributed by atoms with Crippen molar-refractivity contribution in [3.8, 4) is 0 Å². The highest BCUT2D eigenvalue weighted by Gasteiger charge is 2.11. The molecule has 0 aromatic heterocycles. The number of carbonyl (C=O) groups excluding carboxylic acids is 2. The lowest BCUT2D eigenvalue weighted by Gasteiger charge is -2.26. The van der Waals surface area contributed by atoms with Crippen LogP contribution in [-0.4, -0.2) is 41.3 Å². The molecule has 0 atom stereocenters. The summed E-state index contributed by atoms with van der Waals surface area (Å²) in [5, 5.41) is 5.82. The summed E-state index contributed by atoms with van der Waals surface area (Å²) in [6, 6.07) is 15.5. The van der Waals surface area contributed by atoms with E-state index in [0.29, 0.717) is 18.5 Å². The van der Waals surface area contributed by atoms with Gasteiger partial charge in [0, 0.05) is 55.4 Å². The first-order chi connectivity index (χ1) is 14.1. The van der Waals surface area contributed by atoms with Gasteiger partial charge in [-0.2, -0.15) is 11.8 Å². The number of nitrogens with one attached hydrogen (secondary N) is 2. The second-order valence-corrected chi connectivity index (χ2v) is 8.49. The molecule has 2 amide bonds. The summed E-state index contributed by atoms with van der Waals surface area (Å²) in [6.07, 6.45) is 1.35. The fourth-order valence-electron chi connectivity index (χ4n) is 3.22. The highest BCUT2D eigenvalue weighted by atomic mass is 32.2. The largest absolute Gasteiger partial charge is 0.348 e. The Hall–Kier alpha value is -2.31. The average Bonchev–Trinajstić information content (AvgIpc) is 2.74. The number of benzene rings is 2. The van der Waals surface area contributed by atoms with Crippen LogP contribution in [0, 0.1) is 0 Å². The molecule has 0 saturated carbocycles. The molecule has 0 unspecified atom stereocenters. The molecule has 5 nitrogen and oxygen atoms in total. The van der Waals surface area contributed by atoms with E-state index in [4.69, 9.17) is 0 Å². The zero-order chi connectivity index (χ0) is 20.5.